The van der Waals surface area contributed by atoms with Gasteiger partial charge in [0.05, 0.1) is 19.8 Å². The van der Waals surface area contributed by atoms with E-state index in [0.717, 1.165) is 16.9 Å². The first-order chi connectivity index (χ1) is 9.29. The Kier molecular flexibility index (Phi) is 4.64. The van der Waals surface area contributed by atoms with Crippen LogP contribution < -0.4 is 4.74 Å². The minimum absolute atomic E-state index is 0.328. The van der Waals surface area contributed by atoms with Crippen molar-refractivity contribution in [3.8, 4) is 5.75 Å². The molecular weight excluding hydrogens is 240 g/mol. The summed E-state index contributed by atoms with van der Waals surface area (Å²) in [4.78, 5) is 8.16. The molecule has 1 heterocycles. The van der Waals surface area contributed by atoms with Gasteiger partial charge in [-0.05, 0) is 35.4 Å². The van der Waals surface area contributed by atoms with E-state index in [9.17, 15) is 5.11 Å². The summed E-state index contributed by atoms with van der Waals surface area (Å²) in [6.07, 6.45) is 4.54. The monoisotopic (exact) mass is 256 g/mol. The van der Waals surface area contributed by atoms with Crippen molar-refractivity contribution in [2.24, 2.45) is 4.99 Å². The molecule has 1 atom stereocenters. The summed E-state index contributed by atoms with van der Waals surface area (Å²) in [5, 5.41) is 10.00. The molecule has 0 bridgehead atoms. The van der Waals surface area contributed by atoms with E-state index in [1.54, 1.807) is 25.7 Å². The molecule has 1 N–H and O–H groups in total. The molecule has 4 nitrogen and oxygen atoms in total. The minimum Gasteiger partial charge on any atom is -0.497 e. The van der Waals surface area contributed by atoms with Crippen molar-refractivity contribution in [1.29, 1.82) is 0 Å². The molecule has 19 heavy (non-hydrogen) atoms. The Morgan fingerprint density at radius 3 is 2.53 bits per heavy atom. The van der Waals surface area contributed by atoms with E-state index in [1.165, 1.54) is 0 Å². The molecule has 2 rings (SSSR count). The molecule has 0 saturated carbocycles. The molecule has 2 aromatic rings. The zero-order valence-corrected chi connectivity index (χ0v) is 10.7. The van der Waals surface area contributed by atoms with Crippen molar-refractivity contribution in [3.63, 3.8) is 0 Å². The third kappa shape index (κ3) is 3.89. The van der Waals surface area contributed by atoms with E-state index in [2.05, 4.69) is 9.98 Å². The van der Waals surface area contributed by atoms with Gasteiger partial charge in [-0.2, -0.15) is 0 Å². The number of aliphatic hydroxyl groups is 1. The van der Waals surface area contributed by atoms with Gasteiger partial charge in [-0.15, -0.1) is 0 Å². The van der Waals surface area contributed by atoms with Gasteiger partial charge in [0.2, 0.25) is 0 Å². The summed E-state index contributed by atoms with van der Waals surface area (Å²) >= 11 is 0. The Morgan fingerprint density at radius 2 is 1.89 bits per heavy atom. The lowest BCUT2D eigenvalue weighted by molar-refractivity contribution is 0.187. The fourth-order valence-corrected chi connectivity index (χ4v) is 1.64. The van der Waals surface area contributed by atoms with Crippen molar-refractivity contribution in [3.05, 3.63) is 59.9 Å². The molecule has 0 fully saturated rings. The second-order valence-corrected chi connectivity index (χ2v) is 4.06. The number of ether oxygens (including phenoxy) is 1. The van der Waals surface area contributed by atoms with Crippen LogP contribution in [0.15, 0.2) is 53.8 Å². The van der Waals surface area contributed by atoms with E-state index in [1.807, 2.05) is 36.4 Å². The van der Waals surface area contributed by atoms with Gasteiger partial charge in [-0.25, -0.2) is 0 Å². The van der Waals surface area contributed by atoms with Crippen LogP contribution >= 0.6 is 0 Å². The number of hydrogen-bond donors (Lipinski definition) is 1. The highest BCUT2D eigenvalue weighted by Crippen LogP contribution is 2.17. The average Bonchev–Trinajstić information content (AvgIpc) is 2.48. The standard InChI is InChI=1S/C15H16N2O2/c1-19-14-4-2-13(3-5-14)15(18)11-17-10-12-6-8-16-9-7-12/h2-10,15,18H,11H2,1H3/t15-/m0/s1. The zero-order chi connectivity index (χ0) is 13.5. The summed E-state index contributed by atoms with van der Waals surface area (Å²) in [5.74, 6) is 0.774. The smallest absolute Gasteiger partial charge is 0.118 e. The number of methoxy groups -OCH3 is 1. The molecule has 0 aliphatic rings. The molecule has 0 aliphatic carbocycles. The van der Waals surface area contributed by atoms with Crippen molar-refractivity contribution in [2.75, 3.05) is 13.7 Å². The molecule has 0 aliphatic heterocycles. The van der Waals surface area contributed by atoms with Gasteiger partial charge in [-0.1, -0.05) is 12.1 Å². The summed E-state index contributed by atoms with van der Waals surface area (Å²) in [5.41, 5.74) is 1.80. The van der Waals surface area contributed by atoms with E-state index in [4.69, 9.17) is 4.74 Å². The van der Waals surface area contributed by atoms with Crippen LogP contribution in [0.3, 0.4) is 0 Å². The molecule has 98 valence electrons. The number of rotatable bonds is 5. The lowest BCUT2D eigenvalue weighted by atomic mass is 10.1. The highest BCUT2D eigenvalue weighted by Gasteiger charge is 2.05. The van der Waals surface area contributed by atoms with Crippen LogP contribution in [-0.2, 0) is 0 Å². The van der Waals surface area contributed by atoms with Crippen molar-refractivity contribution in [1.82, 2.24) is 4.98 Å². The molecule has 0 saturated heterocycles. The average molecular weight is 256 g/mol. The molecule has 0 spiro atoms. The molecule has 0 radical (unpaired) electrons. The normalized spacial score (nSPS) is 12.5. The number of aliphatic hydroxyl groups excluding tert-OH is 1. The molecular formula is C15H16N2O2. The van der Waals surface area contributed by atoms with Crippen molar-refractivity contribution in [2.45, 2.75) is 6.10 Å². The van der Waals surface area contributed by atoms with Crippen LogP contribution in [0.5, 0.6) is 5.75 Å². The quantitative estimate of drug-likeness (QED) is 0.835. The number of benzene rings is 1. The maximum absolute atomic E-state index is 10.00. The maximum Gasteiger partial charge on any atom is 0.118 e. The van der Waals surface area contributed by atoms with E-state index in [-0.39, 0.29) is 0 Å². The Balaban J connectivity index is 1.93. The van der Waals surface area contributed by atoms with Gasteiger partial charge < -0.3 is 9.84 Å². The highest BCUT2D eigenvalue weighted by molar-refractivity contribution is 5.79. The molecule has 1 aromatic heterocycles. The van der Waals surface area contributed by atoms with E-state index >= 15 is 0 Å². The molecule has 0 amide bonds. The van der Waals surface area contributed by atoms with Gasteiger partial charge in [0.25, 0.3) is 0 Å². The van der Waals surface area contributed by atoms with Gasteiger partial charge in [0, 0.05) is 18.6 Å². The summed E-state index contributed by atoms with van der Waals surface area (Å²) in [6.45, 7) is 0.328. The lowest BCUT2D eigenvalue weighted by Crippen LogP contribution is -2.01. The first kappa shape index (κ1) is 13.2. The predicted octanol–water partition coefficient (Wildman–Crippen LogP) is 2.24. The number of hydrogen-bond acceptors (Lipinski definition) is 4. The van der Waals surface area contributed by atoms with Crippen molar-refractivity contribution >= 4 is 6.21 Å². The van der Waals surface area contributed by atoms with Crippen LogP contribution in [0.1, 0.15) is 17.2 Å². The topological polar surface area (TPSA) is 54.7 Å². The lowest BCUT2D eigenvalue weighted by Gasteiger charge is -2.08. The number of aromatic nitrogens is 1. The number of nitrogens with zero attached hydrogens (tertiary/aromatic N) is 2. The highest BCUT2D eigenvalue weighted by atomic mass is 16.5. The summed E-state index contributed by atoms with van der Waals surface area (Å²) in [6, 6.07) is 11.1. The van der Waals surface area contributed by atoms with Crippen LogP contribution in [0, 0.1) is 0 Å². The van der Waals surface area contributed by atoms with Crippen LogP contribution in [-0.4, -0.2) is 30.0 Å². The van der Waals surface area contributed by atoms with Crippen LogP contribution in [0.2, 0.25) is 0 Å². The van der Waals surface area contributed by atoms with Gasteiger partial charge in [-0.3, -0.25) is 9.98 Å². The fourth-order valence-electron chi connectivity index (χ4n) is 1.64. The Bertz CT molecular complexity index is 524. The predicted molar refractivity (Wildman–Crippen MR) is 74.7 cm³/mol. The largest absolute Gasteiger partial charge is 0.497 e. The number of aliphatic imine (C=N–C) groups is 1. The Hall–Kier alpha value is -2.20. The van der Waals surface area contributed by atoms with Gasteiger partial charge >= 0.3 is 0 Å². The minimum atomic E-state index is -0.607. The summed E-state index contributed by atoms with van der Waals surface area (Å²) in [7, 11) is 1.62. The Morgan fingerprint density at radius 1 is 1.21 bits per heavy atom. The third-order valence-electron chi connectivity index (χ3n) is 2.73. The number of pyridine rings is 1. The molecule has 4 heteroatoms. The molecule has 0 unspecified atom stereocenters. The fraction of sp³-hybridized carbons (Fsp3) is 0.200. The second-order valence-electron chi connectivity index (χ2n) is 4.06. The SMILES string of the molecule is COc1ccc([C@@H](O)CN=Cc2ccncc2)cc1. The Labute approximate surface area is 112 Å². The van der Waals surface area contributed by atoms with Crippen LogP contribution in [0.4, 0.5) is 0 Å². The van der Waals surface area contributed by atoms with Crippen LogP contribution in [0.25, 0.3) is 0 Å². The van der Waals surface area contributed by atoms with E-state index in [0.29, 0.717) is 6.54 Å². The van der Waals surface area contributed by atoms with Gasteiger partial charge in [0.1, 0.15) is 5.75 Å². The maximum atomic E-state index is 10.00. The first-order valence-corrected chi connectivity index (χ1v) is 6.01. The van der Waals surface area contributed by atoms with Gasteiger partial charge in [0.15, 0.2) is 0 Å². The summed E-state index contributed by atoms with van der Waals surface area (Å²) < 4.78 is 5.07. The van der Waals surface area contributed by atoms with Crippen molar-refractivity contribution < 1.29 is 9.84 Å². The van der Waals surface area contributed by atoms with E-state index < -0.39 is 6.10 Å². The third-order valence-corrected chi connectivity index (χ3v) is 2.73. The first-order valence-electron chi connectivity index (χ1n) is 6.01. The second kappa shape index (κ2) is 6.66. The zero-order valence-electron chi connectivity index (χ0n) is 10.7. The molecule has 1 aromatic carbocycles.